The fraction of sp³-hybridized carbons (Fsp3) is 0.667. The highest BCUT2D eigenvalue weighted by molar-refractivity contribution is 5.77. The Bertz CT molecular complexity index is 587. The summed E-state index contributed by atoms with van der Waals surface area (Å²) in [7, 11) is 0. The summed E-state index contributed by atoms with van der Waals surface area (Å²) in [5.74, 6) is 0.461. The van der Waals surface area contributed by atoms with E-state index in [1.807, 2.05) is 4.90 Å². The van der Waals surface area contributed by atoms with Crippen LogP contribution in [0, 0.1) is 17.7 Å². The van der Waals surface area contributed by atoms with Crippen molar-refractivity contribution in [1.82, 2.24) is 9.88 Å². The number of nitrogens with zero attached hydrogens (tertiary/aromatic N) is 2. The predicted molar refractivity (Wildman–Crippen MR) is 87.1 cm³/mol. The van der Waals surface area contributed by atoms with Gasteiger partial charge in [0.05, 0.1) is 19.7 Å². The molecule has 1 amide bonds. The van der Waals surface area contributed by atoms with E-state index in [0.717, 1.165) is 12.8 Å². The fourth-order valence-corrected chi connectivity index (χ4v) is 3.37. The summed E-state index contributed by atoms with van der Waals surface area (Å²) in [5.41, 5.74) is -0.321. The summed E-state index contributed by atoms with van der Waals surface area (Å²) in [6.07, 6.45) is 3.88. The van der Waals surface area contributed by atoms with Crippen LogP contribution >= 0.6 is 0 Å². The number of aromatic nitrogens is 1. The van der Waals surface area contributed by atoms with Gasteiger partial charge in [0.25, 0.3) is 0 Å². The lowest BCUT2D eigenvalue weighted by atomic mass is 9.81. The van der Waals surface area contributed by atoms with Gasteiger partial charge in [-0.15, -0.1) is 0 Å². The van der Waals surface area contributed by atoms with Crippen molar-refractivity contribution in [3.8, 4) is 5.88 Å². The first-order chi connectivity index (χ1) is 11.5. The largest absolute Gasteiger partial charge is 0.475 e. The van der Waals surface area contributed by atoms with E-state index in [4.69, 9.17) is 9.47 Å². The van der Waals surface area contributed by atoms with Gasteiger partial charge >= 0.3 is 0 Å². The summed E-state index contributed by atoms with van der Waals surface area (Å²) in [6.45, 7) is 6.49. The smallest absolute Gasteiger partial charge is 0.250 e. The molecule has 2 aliphatic heterocycles. The second-order valence-electron chi connectivity index (χ2n) is 7.18. The van der Waals surface area contributed by atoms with Crippen LogP contribution in [0.3, 0.4) is 0 Å². The van der Waals surface area contributed by atoms with E-state index in [1.54, 1.807) is 0 Å². The molecule has 0 saturated carbocycles. The first kappa shape index (κ1) is 17.1. The molecule has 3 rings (SSSR count). The van der Waals surface area contributed by atoms with E-state index < -0.39 is 5.82 Å². The highest BCUT2D eigenvalue weighted by atomic mass is 19.1. The minimum Gasteiger partial charge on any atom is -0.475 e. The van der Waals surface area contributed by atoms with Crippen LogP contribution in [0.15, 0.2) is 18.3 Å². The van der Waals surface area contributed by atoms with Crippen molar-refractivity contribution in [2.75, 3.05) is 26.3 Å². The Balaban J connectivity index is 1.52. The molecule has 2 fully saturated rings. The standard InChI is InChI=1S/C18H25FN2O3/c1-13(2)5-6-16(22)21-11-18(12-21)14(7-9-24-18)10-23-17-15(19)4-3-8-20-17/h3-4,8,13-14H,5-7,9-12H2,1-2H3/t14-/m1/s1. The molecule has 24 heavy (non-hydrogen) atoms. The number of hydrogen-bond acceptors (Lipinski definition) is 4. The molecule has 1 aromatic rings. The Morgan fingerprint density at radius 3 is 3.04 bits per heavy atom. The van der Waals surface area contributed by atoms with Gasteiger partial charge in [0.2, 0.25) is 11.8 Å². The molecule has 1 aromatic heterocycles. The van der Waals surface area contributed by atoms with Gasteiger partial charge in [-0.05, 0) is 30.9 Å². The van der Waals surface area contributed by atoms with Gasteiger partial charge < -0.3 is 14.4 Å². The van der Waals surface area contributed by atoms with Crippen molar-refractivity contribution in [2.45, 2.75) is 38.7 Å². The zero-order valence-corrected chi connectivity index (χ0v) is 14.3. The molecule has 2 saturated heterocycles. The van der Waals surface area contributed by atoms with Gasteiger partial charge in [0, 0.05) is 25.1 Å². The summed E-state index contributed by atoms with van der Waals surface area (Å²) in [6, 6.07) is 2.87. The van der Waals surface area contributed by atoms with Crippen LogP contribution in [0.1, 0.15) is 33.1 Å². The quantitative estimate of drug-likeness (QED) is 0.801. The first-order valence-corrected chi connectivity index (χ1v) is 8.65. The minimum absolute atomic E-state index is 0.0312. The third-order valence-corrected chi connectivity index (χ3v) is 4.95. The number of ether oxygens (including phenoxy) is 2. The van der Waals surface area contributed by atoms with Crippen molar-refractivity contribution >= 4 is 5.91 Å². The Kier molecular flexibility index (Phi) is 5.04. The summed E-state index contributed by atoms with van der Waals surface area (Å²) in [5, 5.41) is 0. The van der Waals surface area contributed by atoms with Gasteiger partial charge in [0.15, 0.2) is 5.82 Å². The number of rotatable bonds is 6. The molecule has 1 atom stereocenters. The molecule has 0 bridgehead atoms. The Morgan fingerprint density at radius 2 is 2.33 bits per heavy atom. The van der Waals surface area contributed by atoms with Gasteiger partial charge in [-0.3, -0.25) is 4.79 Å². The Hall–Kier alpha value is -1.69. The zero-order valence-electron chi connectivity index (χ0n) is 14.3. The number of carbonyl (C=O) groups is 1. The second-order valence-corrected chi connectivity index (χ2v) is 7.18. The number of pyridine rings is 1. The summed E-state index contributed by atoms with van der Waals surface area (Å²) in [4.78, 5) is 18.0. The SMILES string of the molecule is CC(C)CCC(=O)N1CC2(C1)OCC[C@@H]2COc1ncccc1F. The van der Waals surface area contributed by atoms with Crippen LogP contribution in [0.4, 0.5) is 4.39 Å². The lowest BCUT2D eigenvalue weighted by Gasteiger charge is -2.50. The van der Waals surface area contributed by atoms with Crippen LogP contribution in [0.25, 0.3) is 0 Å². The molecule has 0 unspecified atom stereocenters. The number of hydrogen-bond donors (Lipinski definition) is 0. The highest BCUT2D eigenvalue weighted by Crippen LogP contribution is 2.40. The van der Waals surface area contributed by atoms with Gasteiger partial charge in [-0.25, -0.2) is 9.37 Å². The molecule has 0 radical (unpaired) electrons. The topological polar surface area (TPSA) is 51.7 Å². The van der Waals surface area contributed by atoms with Crippen molar-refractivity contribution in [3.05, 3.63) is 24.1 Å². The molecular weight excluding hydrogens is 311 g/mol. The van der Waals surface area contributed by atoms with Crippen molar-refractivity contribution in [1.29, 1.82) is 0 Å². The number of likely N-dealkylation sites (tertiary alicyclic amines) is 1. The predicted octanol–water partition coefficient (Wildman–Crippen LogP) is 2.65. The third kappa shape index (κ3) is 3.53. The average molecular weight is 336 g/mol. The normalized spacial score (nSPS) is 22.0. The van der Waals surface area contributed by atoms with Gasteiger partial charge in [-0.2, -0.15) is 0 Å². The molecule has 5 nitrogen and oxygen atoms in total. The third-order valence-electron chi connectivity index (χ3n) is 4.95. The van der Waals surface area contributed by atoms with Crippen LogP contribution in [0.2, 0.25) is 0 Å². The van der Waals surface area contributed by atoms with Gasteiger partial charge in [-0.1, -0.05) is 13.8 Å². The number of carbonyl (C=O) groups excluding carboxylic acids is 1. The van der Waals surface area contributed by atoms with E-state index in [1.165, 1.54) is 18.3 Å². The van der Waals surface area contributed by atoms with Crippen LogP contribution in [-0.4, -0.2) is 47.7 Å². The first-order valence-electron chi connectivity index (χ1n) is 8.65. The average Bonchev–Trinajstić information content (AvgIpc) is 2.94. The second kappa shape index (κ2) is 7.05. The van der Waals surface area contributed by atoms with E-state index in [-0.39, 0.29) is 23.3 Å². The molecule has 132 valence electrons. The van der Waals surface area contributed by atoms with E-state index in [0.29, 0.717) is 38.6 Å². The fourth-order valence-electron chi connectivity index (χ4n) is 3.37. The maximum atomic E-state index is 13.6. The van der Waals surface area contributed by atoms with Crippen molar-refractivity contribution in [2.24, 2.45) is 11.8 Å². The van der Waals surface area contributed by atoms with Crippen LogP contribution in [-0.2, 0) is 9.53 Å². The molecule has 0 N–H and O–H groups in total. The molecule has 6 heteroatoms. The van der Waals surface area contributed by atoms with E-state index in [9.17, 15) is 9.18 Å². The summed E-state index contributed by atoms with van der Waals surface area (Å²) < 4.78 is 25.1. The Morgan fingerprint density at radius 1 is 1.54 bits per heavy atom. The summed E-state index contributed by atoms with van der Waals surface area (Å²) >= 11 is 0. The molecule has 0 aromatic carbocycles. The molecule has 0 aliphatic carbocycles. The lowest BCUT2D eigenvalue weighted by molar-refractivity contribution is -0.167. The monoisotopic (exact) mass is 336 g/mol. The molecule has 1 spiro atoms. The number of amides is 1. The van der Waals surface area contributed by atoms with Gasteiger partial charge in [0.1, 0.15) is 5.60 Å². The molecular formula is C18H25FN2O3. The van der Waals surface area contributed by atoms with Crippen LogP contribution in [0.5, 0.6) is 5.88 Å². The van der Waals surface area contributed by atoms with E-state index >= 15 is 0 Å². The molecule has 2 aliphatic rings. The maximum Gasteiger partial charge on any atom is 0.250 e. The number of halogens is 1. The van der Waals surface area contributed by atoms with Crippen molar-refractivity contribution in [3.63, 3.8) is 0 Å². The van der Waals surface area contributed by atoms with Crippen LogP contribution < -0.4 is 4.74 Å². The lowest BCUT2D eigenvalue weighted by Crippen LogP contribution is -2.66. The maximum absolute atomic E-state index is 13.6. The van der Waals surface area contributed by atoms with Crippen molar-refractivity contribution < 1.29 is 18.7 Å². The molecule has 3 heterocycles. The highest BCUT2D eigenvalue weighted by Gasteiger charge is 2.54. The minimum atomic E-state index is -0.454. The Labute approximate surface area is 142 Å². The zero-order chi connectivity index (χ0) is 17.2. The van der Waals surface area contributed by atoms with E-state index in [2.05, 4.69) is 18.8 Å².